The van der Waals surface area contributed by atoms with Crippen molar-refractivity contribution in [2.75, 3.05) is 94.0 Å². The highest BCUT2D eigenvalue weighted by atomic mass is 16.6. The molecular formula is C36H48O9. The fraction of sp³-hybridized carbons (Fsp3) is 0.444. The molecule has 9 heteroatoms. The average Bonchev–Trinajstić information content (AvgIpc) is 3.09. The molecule has 3 aromatic carbocycles. The summed E-state index contributed by atoms with van der Waals surface area (Å²) >= 11 is 0. The van der Waals surface area contributed by atoms with E-state index in [1.165, 1.54) is 0 Å². The van der Waals surface area contributed by atoms with Crippen LogP contribution in [0.15, 0.2) is 91.5 Å². The lowest BCUT2D eigenvalue weighted by Gasteiger charge is -2.37. The van der Waals surface area contributed by atoms with Crippen LogP contribution in [-0.2, 0) is 38.8 Å². The molecule has 0 aliphatic rings. The molecule has 0 N–H and O–H groups in total. The maximum atomic E-state index is 6.99. The fourth-order valence-electron chi connectivity index (χ4n) is 4.68. The van der Waals surface area contributed by atoms with E-state index in [1.54, 1.807) is 27.4 Å². The van der Waals surface area contributed by atoms with Crippen molar-refractivity contribution in [3.63, 3.8) is 0 Å². The second-order valence-corrected chi connectivity index (χ2v) is 9.96. The summed E-state index contributed by atoms with van der Waals surface area (Å²) in [5.41, 5.74) is 1.90. The van der Waals surface area contributed by atoms with Gasteiger partial charge in [0.1, 0.15) is 23.2 Å². The van der Waals surface area contributed by atoms with E-state index in [0.29, 0.717) is 66.1 Å². The minimum Gasteiger partial charge on any atom is -0.497 e. The van der Waals surface area contributed by atoms with Gasteiger partial charge in [0.15, 0.2) is 0 Å². The van der Waals surface area contributed by atoms with Gasteiger partial charge in [-0.1, -0.05) is 60.7 Å². The molecule has 0 saturated heterocycles. The highest BCUT2D eigenvalue weighted by molar-refractivity contribution is 5.49. The Hall–Kier alpha value is -3.28. The summed E-state index contributed by atoms with van der Waals surface area (Å²) in [5, 5.41) is 0. The van der Waals surface area contributed by atoms with Gasteiger partial charge in [-0.05, 0) is 41.0 Å². The van der Waals surface area contributed by atoms with E-state index in [2.05, 4.69) is 18.7 Å². The lowest BCUT2D eigenvalue weighted by atomic mass is 9.80. The van der Waals surface area contributed by atoms with Crippen molar-refractivity contribution in [3.05, 3.63) is 108 Å². The Morgan fingerprint density at radius 2 is 1.07 bits per heavy atom. The number of hydrogen-bond donors (Lipinski definition) is 0. The molecule has 1 atom stereocenters. The number of rotatable bonds is 25. The second-order valence-electron chi connectivity index (χ2n) is 9.96. The predicted octanol–water partition coefficient (Wildman–Crippen LogP) is 5.30. The lowest BCUT2D eigenvalue weighted by Crippen LogP contribution is -2.38. The van der Waals surface area contributed by atoms with Gasteiger partial charge in [0, 0.05) is 7.11 Å². The van der Waals surface area contributed by atoms with Crippen molar-refractivity contribution in [1.82, 2.24) is 0 Å². The highest BCUT2D eigenvalue weighted by Gasteiger charge is 2.38. The number of benzene rings is 3. The molecule has 0 spiro atoms. The van der Waals surface area contributed by atoms with Crippen LogP contribution in [0, 0.1) is 0 Å². The van der Waals surface area contributed by atoms with Crippen molar-refractivity contribution in [2.24, 2.45) is 0 Å². The van der Waals surface area contributed by atoms with Gasteiger partial charge in [0.2, 0.25) is 0 Å². The van der Waals surface area contributed by atoms with Crippen LogP contribution in [0.1, 0.15) is 16.7 Å². The molecule has 3 rings (SSSR count). The van der Waals surface area contributed by atoms with Crippen LogP contribution in [0.3, 0.4) is 0 Å². The second kappa shape index (κ2) is 21.5. The third kappa shape index (κ3) is 11.9. The van der Waals surface area contributed by atoms with Crippen LogP contribution in [0.25, 0.3) is 0 Å². The molecule has 9 nitrogen and oxygen atoms in total. The first-order valence-electron chi connectivity index (χ1n) is 15.2. The summed E-state index contributed by atoms with van der Waals surface area (Å²) in [6.45, 7) is 8.62. The first-order valence-corrected chi connectivity index (χ1v) is 15.2. The monoisotopic (exact) mass is 624 g/mol. The summed E-state index contributed by atoms with van der Waals surface area (Å²) < 4.78 is 51.5. The average molecular weight is 625 g/mol. The third-order valence-corrected chi connectivity index (χ3v) is 6.96. The summed E-state index contributed by atoms with van der Waals surface area (Å²) in [6.07, 6.45) is 1.35. The molecule has 0 unspecified atom stereocenters. The molecule has 0 fully saturated rings. The van der Waals surface area contributed by atoms with Crippen LogP contribution in [-0.4, -0.2) is 100 Å². The number of ether oxygens (including phenoxy) is 9. The Morgan fingerprint density at radius 3 is 1.56 bits per heavy atom. The zero-order valence-electron chi connectivity index (χ0n) is 26.8. The Balaban J connectivity index is 1.72. The van der Waals surface area contributed by atoms with Crippen LogP contribution in [0.4, 0.5) is 0 Å². The molecule has 0 heterocycles. The molecule has 0 aromatic heterocycles. The van der Waals surface area contributed by atoms with Crippen LogP contribution < -0.4 is 9.47 Å². The van der Waals surface area contributed by atoms with Gasteiger partial charge in [0.05, 0.1) is 86.9 Å². The summed E-state index contributed by atoms with van der Waals surface area (Å²) in [4.78, 5) is 0. The Morgan fingerprint density at radius 1 is 0.578 bits per heavy atom. The van der Waals surface area contributed by atoms with Gasteiger partial charge in [0.25, 0.3) is 0 Å². The Bertz CT molecular complexity index is 1120. The van der Waals surface area contributed by atoms with E-state index in [-0.39, 0.29) is 12.7 Å². The highest BCUT2D eigenvalue weighted by Crippen LogP contribution is 2.41. The Kier molecular flexibility index (Phi) is 17.3. The third-order valence-electron chi connectivity index (χ3n) is 6.96. The topological polar surface area (TPSA) is 83.1 Å². The van der Waals surface area contributed by atoms with Gasteiger partial charge in [-0.3, -0.25) is 0 Å². The van der Waals surface area contributed by atoms with Crippen molar-refractivity contribution in [2.45, 2.75) is 11.7 Å². The van der Waals surface area contributed by atoms with Crippen molar-refractivity contribution in [1.29, 1.82) is 0 Å². The maximum absolute atomic E-state index is 6.99. The van der Waals surface area contributed by atoms with Gasteiger partial charge >= 0.3 is 0 Å². The van der Waals surface area contributed by atoms with Gasteiger partial charge in [-0.25, -0.2) is 0 Å². The maximum Gasteiger partial charge on any atom is 0.143 e. The number of methoxy groups -OCH3 is 3. The summed E-state index contributed by atoms with van der Waals surface area (Å²) in [6, 6.07) is 26.0. The molecule has 0 aliphatic heterocycles. The van der Waals surface area contributed by atoms with Gasteiger partial charge in [-0.2, -0.15) is 0 Å². The SMILES string of the molecule is C=CCOC[C@@H](COC(c1ccccc1)(c1ccc(OC)cc1)c1ccc(OC)cc1)OCCOCCOCCOCCOC. The predicted molar refractivity (Wildman–Crippen MR) is 173 cm³/mol. The molecule has 45 heavy (non-hydrogen) atoms. The standard InChI is InChI=1S/C36H48O9/c1-5-19-43-28-35(44-27-26-42-25-24-41-23-22-40-21-20-37-2)29-45-36(30-9-7-6-8-10-30,31-11-15-33(38-3)16-12-31)32-13-17-34(39-4)18-14-32/h5-18,35H,1,19-29H2,2-4H3/t35-/m0/s1. The molecule has 0 saturated carbocycles. The van der Waals surface area contributed by atoms with E-state index in [4.69, 9.17) is 42.6 Å². The van der Waals surface area contributed by atoms with E-state index in [1.807, 2.05) is 66.7 Å². The van der Waals surface area contributed by atoms with Gasteiger partial charge in [-0.15, -0.1) is 6.58 Å². The van der Waals surface area contributed by atoms with E-state index in [0.717, 1.165) is 28.2 Å². The van der Waals surface area contributed by atoms with Crippen molar-refractivity contribution >= 4 is 0 Å². The van der Waals surface area contributed by atoms with E-state index < -0.39 is 5.60 Å². The Labute approximate surface area is 267 Å². The largest absolute Gasteiger partial charge is 0.497 e. The van der Waals surface area contributed by atoms with Crippen LogP contribution >= 0.6 is 0 Å². The molecule has 0 amide bonds. The smallest absolute Gasteiger partial charge is 0.143 e. The van der Waals surface area contributed by atoms with E-state index >= 15 is 0 Å². The molecule has 0 aliphatic carbocycles. The zero-order chi connectivity index (χ0) is 32.0. The van der Waals surface area contributed by atoms with Crippen LogP contribution in [0.2, 0.25) is 0 Å². The van der Waals surface area contributed by atoms with Gasteiger partial charge < -0.3 is 42.6 Å². The summed E-state index contributed by atoms with van der Waals surface area (Å²) in [7, 11) is 4.96. The zero-order valence-corrected chi connectivity index (χ0v) is 26.8. The quantitative estimate of drug-likeness (QED) is 0.0709. The normalized spacial score (nSPS) is 12.2. The molecule has 0 bridgehead atoms. The lowest BCUT2D eigenvalue weighted by molar-refractivity contribution is -0.0990. The molecule has 246 valence electrons. The first kappa shape index (κ1) is 36.2. The molecule has 0 radical (unpaired) electrons. The molecular weight excluding hydrogens is 576 g/mol. The van der Waals surface area contributed by atoms with Crippen LogP contribution in [0.5, 0.6) is 11.5 Å². The fourth-order valence-corrected chi connectivity index (χ4v) is 4.68. The van der Waals surface area contributed by atoms with Crippen molar-refractivity contribution < 1.29 is 42.6 Å². The number of hydrogen-bond acceptors (Lipinski definition) is 9. The first-order chi connectivity index (χ1) is 22.2. The minimum atomic E-state index is -0.957. The summed E-state index contributed by atoms with van der Waals surface area (Å²) in [5.74, 6) is 1.52. The van der Waals surface area contributed by atoms with E-state index in [9.17, 15) is 0 Å². The minimum absolute atomic E-state index is 0.246. The van der Waals surface area contributed by atoms with Crippen molar-refractivity contribution in [3.8, 4) is 11.5 Å². The molecule has 3 aromatic rings.